The summed E-state index contributed by atoms with van der Waals surface area (Å²) in [7, 11) is 1.39. The second-order valence-electron chi connectivity index (χ2n) is 5.34. The summed E-state index contributed by atoms with van der Waals surface area (Å²) in [6, 6.07) is 9.89. The van der Waals surface area contributed by atoms with Crippen molar-refractivity contribution in [2.24, 2.45) is 0 Å². The third-order valence-electron chi connectivity index (χ3n) is 3.63. The fourth-order valence-corrected chi connectivity index (χ4v) is 2.12. The van der Waals surface area contributed by atoms with Gasteiger partial charge in [0, 0.05) is 11.8 Å². The van der Waals surface area contributed by atoms with Crippen LogP contribution in [0.4, 0.5) is 17.1 Å². The molecule has 2 aromatic rings. The lowest BCUT2D eigenvalue weighted by atomic mass is 10.1. The molecule has 7 heteroatoms. The number of nitro groups is 1. The number of non-ortho nitro benzene ring substituents is 1. The van der Waals surface area contributed by atoms with Crippen LogP contribution in [0.5, 0.6) is 5.75 Å². The molecule has 7 nitrogen and oxygen atoms in total. The van der Waals surface area contributed by atoms with Crippen molar-refractivity contribution in [3.63, 3.8) is 0 Å². The van der Waals surface area contributed by atoms with Gasteiger partial charge in [0.15, 0.2) is 0 Å². The van der Waals surface area contributed by atoms with Crippen LogP contribution in [0.25, 0.3) is 0 Å². The Balaban J connectivity index is 2.01. The fourth-order valence-electron chi connectivity index (χ4n) is 2.12. The van der Waals surface area contributed by atoms with Gasteiger partial charge in [0.2, 0.25) is 5.91 Å². The lowest BCUT2D eigenvalue weighted by Crippen LogP contribution is -2.22. The molecule has 126 valence electrons. The maximum absolute atomic E-state index is 12.1. The van der Waals surface area contributed by atoms with Crippen LogP contribution in [0.3, 0.4) is 0 Å². The molecule has 0 spiro atoms. The number of rotatable bonds is 6. The Morgan fingerprint density at radius 2 is 1.92 bits per heavy atom. The van der Waals surface area contributed by atoms with Crippen LogP contribution in [-0.4, -0.2) is 24.5 Å². The van der Waals surface area contributed by atoms with E-state index in [0.29, 0.717) is 5.69 Å². The summed E-state index contributed by atoms with van der Waals surface area (Å²) >= 11 is 0. The lowest BCUT2D eigenvalue weighted by Gasteiger charge is -2.11. The summed E-state index contributed by atoms with van der Waals surface area (Å²) in [6.07, 6.45) is 0. The van der Waals surface area contributed by atoms with Crippen LogP contribution in [0.15, 0.2) is 36.4 Å². The van der Waals surface area contributed by atoms with Gasteiger partial charge in [-0.2, -0.15) is 0 Å². The molecule has 24 heavy (non-hydrogen) atoms. The lowest BCUT2D eigenvalue weighted by molar-refractivity contribution is -0.384. The summed E-state index contributed by atoms with van der Waals surface area (Å²) in [5.74, 6) is -0.0379. The summed E-state index contributed by atoms with van der Waals surface area (Å²) < 4.78 is 5.09. The number of ether oxygens (including phenoxy) is 1. The summed E-state index contributed by atoms with van der Waals surface area (Å²) in [5, 5.41) is 16.5. The first-order chi connectivity index (χ1) is 11.4. The molecule has 2 aromatic carbocycles. The number of nitrogens with zero attached hydrogens (tertiary/aromatic N) is 1. The Labute approximate surface area is 139 Å². The number of nitro benzene ring substituents is 1. The van der Waals surface area contributed by atoms with Crippen molar-refractivity contribution in [3.8, 4) is 5.75 Å². The van der Waals surface area contributed by atoms with Crippen molar-refractivity contribution in [3.05, 3.63) is 57.6 Å². The first-order valence-electron chi connectivity index (χ1n) is 7.34. The van der Waals surface area contributed by atoms with Crippen LogP contribution < -0.4 is 15.4 Å². The van der Waals surface area contributed by atoms with Crippen molar-refractivity contribution < 1.29 is 14.5 Å². The minimum Gasteiger partial charge on any atom is -0.494 e. The Kier molecular flexibility index (Phi) is 5.36. The summed E-state index contributed by atoms with van der Waals surface area (Å²) in [4.78, 5) is 22.3. The fraction of sp³-hybridized carbons (Fsp3) is 0.235. The number of aryl methyl sites for hydroxylation is 2. The van der Waals surface area contributed by atoms with E-state index in [0.717, 1.165) is 11.3 Å². The maximum atomic E-state index is 12.1. The van der Waals surface area contributed by atoms with Gasteiger partial charge in [0.05, 0.1) is 30.3 Å². The number of hydrogen-bond donors (Lipinski definition) is 2. The molecule has 2 rings (SSSR count). The Bertz CT molecular complexity index is 774. The monoisotopic (exact) mass is 329 g/mol. The van der Waals surface area contributed by atoms with Gasteiger partial charge in [-0.3, -0.25) is 14.9 Å². The van der Waals surface area contributed by atoms with E-state index in [2.05, 4.69) is 10.6 Å². The first kappa shape index (κ1) is 17.3. The average molecular weight is 329 g/mol. The minimum absolute atomic E-state index is 0.0721. The molecule has 0 bridgehead atoms. The van der Waals surface area contributed by atoms with Crippen molar-refractivity contribution in [2.75, 3.05) is 24.3 Å². The summed E-state index contributed by atoms with van der Waals surface area (Å²) in [5.41, 5.74) is 3.45. The molecule has 0 saturated heterocycles. The van der Waals surface area contributed by atoms with Gasteiger partial charge in [-0.1, -0.05) is 6.07 Å². The van der Waals surface area contributed by atoms with E-state index in [1.807, 2.05) is 32.0 Å². The average Bonchev–Trinajstić information content (AvgIpc) is 2.56. The van der Waals surface area contributed by atoms with E-state index >= 15 is 0 Å². The molecule has 2 N–H and O–H groups in total. The topological polar surface area (TPSA) is 93.5 Å². The maximum Gasteiger partial charge on any atom is 0.273 e. The third kappa shape index (κ3) is 4.22. The van der Waals surface area contributed by atoms with Gasteiger partial charge in [0.1, 0.15) is 5.75 Å². The smallest absolute Gasteiger partial charge is 0.273 e. The highest BCUT2D eigenvalue weighted by molar-refractivity contribution is 5.95. The van der Waals surface area contributed by atoms with E-state index in [1.54, 1.807) is 0 Å². The van der Waals surface area contributed by atoms with E-state index in [-0.39, 0.29) is 23.9 Å². The molecule has 1 amide bonds. The Hall–Kier alpha value is -3.09. The number of carbonyl (C=O) groups excluding carboxylic acids is 1. The van der Waals surface area contributed by atoms with Crippen molar-refractivity contribution in [2.45, 2.75) is 13.8 Å². The molecule has 0 radical (unpaired) electrons. The van der Waals surface area contributed by atoms with Crippen molar-refractivity contribution in [1.29, 1.82) is 0 Å². The first-order valence-corrected chi connectivity index (χ1v) is 7.34. The number of nitrogens with one attached hydrogen (secondary N) is 2. The number of anilines is 2. The van der Waals surface area contributed by atoms with Gasteiger partial charge < -0.3 is 15.4 Å². The second kappa shape index (κ2) is 7.45. The normalized spacial score (nSPS) is 10.1. The van der Waals surface area contributed by atoms with E-state index in [9.17, 15) is 14.9 Å². The van der Waals surface area contributed by atoms with E-state index in [1.165, 1.54) is 30.9 Å². The molecule has 0 atom stereocenters. The van der Waals surface area contributed by atoms with Crippen molar-refractivity contribution >= 4 is 23.0 Å². The number of methoxy groups -OCH3 is 1. The van der Waals surface area contributed by atoms with Crippen LogP contribution in [0.2, 0.25) is 0 Å². The summed E-state index contributed by atoms with van der Waals surface area (Å²) in [6.45, 7) is 4.09. The second-order valence-corrected chi connectivity index (χ2v) is 5.34. The molecule has 0 aromatic heterocycles. The molecule has 0 aliphatic rings. The number of benzene rings is 2. The predicted molar refractivity (Wildman–Crippen MR) is 92.7 cm³/mol. The van der Waals surface area contributed by atoms with Gasteiger partial charge in [-0.05, 0) is 43.2 Å². The number of hydrogen-bond acceptors (Lipinski definition) is 5. The predicted octanol–water partition coefficient (Wildman–Crippen LogP) is 3.27. The number of amides is 1. The Morgan fingerprint density at radius 1 is 1.17 bits per heavy atom. The van der Waals surface area contributed by atoms with E-state index in [4.69, 9.17) is 4.74 Å². The van der Waals surface area contributed by atoms with Crippen LogP contribution >= 0.6 is 0 Å². The third-order valence-corrected chi connectivity index (χ3v) is 3.63. The van der Waals surface area contributed by atoms with Gasteiger partial charge in [-0.25, -0.2) is 0 Å². The SMILES string of the molecule is COc1cc([N+](=O)[O-])ccc1NC(=O)CNc1ccc(C)c(C)c1. The zero-order valence-corrected chi connectivity index (χ0v) is 13.8. The highest BCUT2D eigenvalue weighted by atomic mass is 16.6. The van der Waals surface area contributed by atoms with Crippen LogP contribution in [0.1, 0.15) is 11.1 Å². The molecule has 0 heterocycles. The molecule has 0 fully saturated rings. The zero-order chi connectivity index (χ0) is 17.7. The molecule has 0 aliphatic carbocycles. The Morgan fingerprint density at radius 3 is 2.54 bits per heavy atom. The van der Waals surface area contributed by atoms with Crippen LogP contribution in [0, 0.1) is 24.0 Å². The molecule has 0 unspecified atom stereocenters. The minimum atomic E-state index is -0.518. The van der Waals surface area contributed by atoms with Crippen LogP contribution in [-0.2, 0) is 4.79 Å². The number of carbonyl (C=O) groups is 1. The quantitative estimate of drug-likeness (QED) is 0.626. The molecule has 0 saturated carbocycles. The molecular formula is C17H19N3O4. The standard InChI is InChI=1S/C17H19N3O4/c1-11-4-5-13(8-12(11)2)18-10-17(21)19-15-7-6-14(20(22)23)9-16(15)24-3/h4-9,18H,10H2,1-3H3,(H,19,21). The molecule has 0 aliphatic heterocycles. The molecular weight excluding hydrogens is 310 g/mol. The van der Waals surface area contributed by atoms with E-state index < -0.39 is 4.92 Å². The van der Waals surface area contributed by atoms with Crippen molar-refractivity contribution in [1.82, 2.24) is 0 Å². The highest BCUT2D eigenvalue weighted by Gasteiger charge is 2.13. The van der Waals surface area contributed by atoms with Gasteiger partial charge >= 0.3 is 0 Å². The highest BCUT2D eigenvalue weighted by Crippen LogP contribution is 2.28. The largest absolute Gasteiger partial charge is 0.494 e. The zero-order valence-electron chi connectivity index (χ0n) is 13.8. The van der Waals surface area contributed by atoms with Gasteiger partial charge in [0.25, 0.3) is 5.69 Å². The van der Waals surface area contributed by atoms with Gasteiger partial charge in [-0.15, -0.1) is 0 Å².